The van der Waals surface area contributed by atoms with Crippen LogP contribution in [0.4, 0.5) is 0 Å². The highest BCUT2D eigenvalue weighted by atomic mass is 16.1. The molecule has 1 aromatic carbocycles. The van der Waals surface area contributed by atoms with E-state index in [2.05, 4.69) is 40.2 Å². The normalized spacial score (nSPS) is 15.9. The summed E-state index contributed by atoms with van der Waals surface area (Å²) >= 11 is 0. The molecule has 24 heavy (non-hydrogen) atoms. The molecule has 3 heteroatoms. The van der Waals surface area contributed by atoms with E-state index in [4.69, 9.17) is 0 Å². The Morgan fingerprint density at radius 2 is 2.00 bits per heavy atom. The van der Waals surface area contributed by atoms with Crippen LogP contribution < -0.4 is 0 Å². The quantitative estimate of drug-likeness (QED) is 0.785. The lowest BCUT2D eigenvalue weighted by Crippen LogP contribution is -2.30. The molecule has 0 aliphatic carbocycles. The minimum Gasteiger partial charge on any atom is -0.295 e. The summed E-state index contributed by atoms with van der Waals surface area (Å²) < 4.78 is 0. The Balaban J connectivity index is 1.53. The molecule has 3 nitrogen and oxygen atoms in total. The van der Waals surface area contributed by atoms with Gasteiger partial charge < -0.3 is 0 Å². The molecule has 0 saturated heterocycles. The van der Waals surface area contributed by atoms with E-state index in [1.807, 2.05) is 24.3 Å². The number of pyridine rings is 1. The van der Waals surface area contributed by atoms with Crippen LogP contribution in [0.25, 0.3) is 11.6 Å². The van der Waals surface area contributed by atoms with E-state index < -0.39 is 0 Å². The van der Waals surface area contributed by atoms with Gasteiger partial charge in [0.15, 0.2) is 5.78 Å². The number of hydrogen-bond donors (Lipinski definition) is 0. The Hall–Kier alpha value is -2.52. The smallest absolute Gasteiger partial charge is 0.169 e. The van der Waals surface area contributed by atoms with E-state index in [1.165, 1.54) is 11.1 Å². The maximum absolute atomic E-state index is 12.2. The summed E-state index contributed by atoms with van der Waals surface area (Å²) in [6, 6.07) is 14.3. The van der Waals surface area contributed by atoms with Crippen LogP contribution in [-0.4, -0.2) is 35.3 Å². The van der Waals surface area contributed by atoms with Gasteiger partial charge in [-0.25, -0.2) is 0 Å². The molecule has 0 fully saturated rings. The van der Waals surface area contributed by atoms with E-state index >= 15 is 0 Å². The average molecular weight is 318 g/mol. The molecular formula is C21H22N2O. The van der Waals surface area contributed by atoms with Crippen molar-refractivity contribution in [2.45, 2.75) is 12.8 Å². The zero-order valence-electron chi connectivity index (χ0n) is 13.8. The van der Waals surface area contributed by atoms with Crippen molar-refractivity contribution in [1.29, 1.82) is 0 Å². The van der Waals surface area contributed by atoms with Crippen LogP contribution in [0, 0.1) is 0 Å². The second kappa shape index (κ2) is 8.37. The molecule has 0 spiro atoms. The lowest BCUT2D eigenvalue weighted by atomic mass is 10.0. The van der Waals surface area contributed by atoms with Gasteiger partial charge in [0.05, 0.1) is 6.54 Å². The number of hydrogen-bond acceptors (Lipinski definition) is 3. The number of carbonyl (C=O) groups excluding carboxylic acids is 1. The summed E-state index contributed by atoms with van der Waals surface area (Å²) in [7, 11) is 0. The van der Waals surface area contributed by atoms with Gasteiger partial charge in [-0.15, -0.1) is 0 Å². The fourth-order valence-electron chi connectivity index (χ4n) is 2.92. The molecule has 1 aliphatic heterocycles. The van der Waals surface area contributed by atoms with E-state index in [9.17, 15) is 4.79 Å². The van der Waals surface area contributed by atoms with E-state index in [0.717, 1.165) is 31.5 Å². The summed E-state index contributed by atoms with van der Waals surface area (Å²) in [5.74, 6) is 0.141. The Kier molecular flexibility index (Phi) is 5.70. The Morgan fingerprint density at radius 1 is 1.12 bits per heavy atom. The first-order valence-electron chi connectivity index (χ1n) is 8.39. The second-order valence-electron chi connectivity index (χ2n) is 6.00. The van der Waals surface area contributed by atoms with Crippen molar-refractivity contribution in [2.75, 3.05) is 19.6 Å². The summed E-state index contributed by atoms with van der Waals surface area (Å²) in [6.07, 6.45) is 11.3. The number of aromatic nitrogens is 1. The number of ketones is 1. The van der Waals surface area contributed by atoms with Gasteiger partial charge in [0.25, 0.3) is 0 Å². The molecular weight excluding hydrogens is 296 g/mol. The van der Waals surface area contributed by atoms with Gasteiger partial charge in [-0.05, 0) is 47.8 Å². The zero-order valence-corrected chi connectivity index (χ0v) is 13.8. The predicted octanol–water partition coefficient (Wildman–Crippen LogP) is 3.84. The molecule has 0 unspecified atom stereocenters. The van der Waals surface area contributed by atoms with Gasteiger partial charge in [0.2, 0.25) is 0 Å². The Morgan fingerprint density at radius 3 is 2.79 bits per heavy atom. The zero-order chi connectivity index (χ0) is 16.6. The minimum atomic E-state index is 0.141. The van der Waals surface area contributed by atoms with Crippen LogP contribution in [-0.2, 0) is 4.79 Å². The van der Waals surface area contributed by atoms with Crippen molar-refractivity contribution in [3.8, 4) is 0 Å². The molecule has 3 rings (SSSR count). The van der Waals surface area contributed by atoms with Crippen molar-refractivity contribution in [1.82, 2.24) is 9.88 Å². The summed E-state index contributed by atoms with van der Waals surface area (Å²) in [5.41, 5.74) is 3.63. The van der Waals surface area contributed by atoms with Gasteiger partial charge in [-0.1, -0.05) is 42.5 Å². The van der Waals surface area contributed by atoms with Crippen LogP contribution >= 0.6 is 0 Å². The fourth-order valence-corrected chi connectivity index (χ4v) is 2.92. The highest BCUT2D eigenvalue weighted by Gasteiger charge is 2.13. The van der Waals surface area contributed by atoms with Crippen LogP contribution in [0.3, 0.4) is 0 Å². The molecule has 1 aromatic heterocycles. The van der Waals surface area contributed by atoms with Crippen molar-refractivity contribution < 1.29 is 4.79 Å². The first-order valence-corrected chi connectivity index (χ1v) is 8.39. The molecule has 2 heterocycles. The number of nitrogens with zero attached hydrogens (tertiary/aromatic N) is 2. The van der Waals surface area contributed by atoms with Gasteiger partial charge in [0, 0.05) is 25.5 Å². The molecule has 122 valence electrons. The molecule has 0 radical (unpaired) electrons. The molecule has 1 aliphatic rings. The van der Waals surface area contributed by atoms with Crippen molar-refractivity contribution in [3.05, 3.63) is 78.1 Å². The monoisotopic (exact) mass is 318 g/mol. The lowest BCUT2D eigenvalue weighted by molar-refractivity contribution is -0.115. The fraction of sp³-hybridized carbons (Fsp3) is 0.238. The third-order valence-electron chi connectivity index (χ3n) is 4.20. The highest BCUT2D eigenvalue weighted by molar-refractivity contribution is 5.95. The molecule has 0 N–H and O–H groups in total. The Bertz CT molecular complexity index is 720. The van der Waals surface area contributed by atoms with Crippen LogP contribution in [0.2, 0.25) is 0 Å². The van der Waals surface area contributed by atoms with Crippen LogP contribution in [0.5, 0.6) is 0 Å². The molecule has 2 aromatic rings. The number of carbonyl (C=O) groups is 1. The van der Waals surface area contributed by atoms with Crippen molar-refractivity contribution in [3.63, 3.8) is 0 Å². The number of benzene rings is 1. The minimum absolute atomic E-state index is 0.141. The topological polar surface area (TPSA) is 33.2 Å². The first kappa shape index (κ1) is 16.3. The van der Waals surface area contributed by atoms with Gasteiger partial charge in [0.1, 0.15) is 0 Å². The molecule has 0 saturated carbocycles. The SMILES string of the molecule is O=C(/C=C/c1cccnc1)CN1CCC=C(c2ccccc2)CC1. The Labute approximate surface area is 143 Å². The van der Waals surface area contributed by atoms with Gasteiger partial charge in [-0.2, -0.15) is 0 Å². The van der Waals surface area contributed by atoms with Gasteiger partial charge >= 0.3 is 0 Å². The van der Waals surface area contributed by atoms with E-state index in [1.54, 1.807) is 18.5 Å². The lowest BCUT2D eigenvalue weighted by Gasteiger charge is -2.18. The van der Waals surface area contributed by atoms with Crippen LogP contribution in [0.15, 0.2) is 67.0 Å². The summed E-state index contributed by atoms with van der Waals surface area (Å²) in [6.45, 7) is 2.34. The first-order chi connectivity index (χ1) is 11.8. The standard InChI is InChI=1S/C21H22N2O/c24-21(11-10-18-6-4-13-22-16-18)17-23-14-5-9-20(12-15-23)19-7-2-1-3-8-19/h1-4,6-11,13,16H,5,12,14-15,17H2/b11-10+. The van der Waals surface area contributed by atoms with Crippen LogP contribution in [0.1, 0.15) is 24.0 Å². The van der Waals surface area contributed by atoms with Crippen molar-refractivity contribution in [2.24, 2.45) is 0 Å². The molecule has 0 bridgehead atoms. The molecule has 0 amide bonds. The third-order valence-corrected chi connectivity index (χ3v) is 4.20. The predicted molar refractivity (Wildman–Crippen MR) is 98.4 cm³/mol. The molecule has 0 atom stereocenters. The second-order valence-corrected chi connectivity index (χ2v) is 6.00. The van der Waals surface area contributed by atoms with E-state index in [-0.39, 0.29) is 5.78 Å². The summed E-state index contributed by atoms with van der Waals surface area (Å²) in [4.78, 5) is 18.5. The largest absolute Gasteiger partial charge is 0.295 e. The average Bonchev–Trinajstić information content (AvgIpc) is 2.87. The van der Waals surface area contributed by atoms with Gasteiger partial charge in [-0.3, -0.25) is 14.7 Å². The van der Waals surface area contributed by atoms with Crippen molar-refractivity contribution >= 4 is 17.4 Å². The highest BCUT2D eigenvalue weighted by Crippen LogP contribution is 2.21. The third kappa shape index (κ3) is 4.74. The number of rotatable bonds is 5. The summed E-state index contributed by atoms with van der Waals surface area (Å²) in [5, 5.41) is 0. The maximum atomic E-state index is 12.2. The maximum Gasteiger partial charge on any atom is 0.169 e. The van der Waals surface area contributed by atoms with E-state index in [0.29, 0.717) is 6.54 Å².